The van der Waals surface area contributed by atoms with Crippen molar-refractivity contribution in [1.29, 1.82) is 0 Å². The Balaban J connectivity index is 1.48. The number of hydrogen-bond donors (Lipinski definition) is 1. The summed E-state index contributed by atoms with van der Waals surface area (Å²) in [7, 11) is 1.96. The predicted molar refractivity (Wildman–Crippen MR) is 120 cm³/mol. The number of carbonyl (C=O) groups excluding carboxylic acids is 1. The van der Waals surface area contributed by atoms with Gasteiger partial charge in [-0.05, 0) is 36.2 Å². The molecule has 162 valence electrons. The minimum Gasteiger partial charge on any atom is -0.379 e. The van der Waals surface area contributed by atoms with Crippen LogP contribution in [0.1, 0.15) is 15.9 Å². The Morgan fingerprint density at radius 3 is 2.74 bits per heavy atom. The Bertz CT molecular complexity index is 1140. The number of morpholine rings is 1. The molecule has 0 bridgehead atoms. The number of rotatable bonds is 6. The first kappa shape index (κ1) is 21.1. The monoisotopic (exact) mass is 442 g/mol. The van der Waals surface area contributed by atoms with Crippen molar-refractivity contribution in [3.05, 3.63) is 68.9 Å². The van der Waals surface area contributed by atoms with Crippen molar-refractivity contribution in [1.82, 2.24) is 9.47 Å². The molecular formula is C22H23ClN4O4. The van der Waals surface area contributed by atoms with Gasteiger partial charge >= 0.3 is 0 Å². The molecule has 0 unspecified atom stereocenters. The summed E-state index contributed by atoms with van der Waals surface area (Å²) in [6.07, 6.45) is 2.73. The zero-order valence-electron chi connectivity index (χ0n) is 17.1. The normalized spacial score (nSPS) is 14.1. The van der Waals surface area contributed by atoms with Crippen molar-refractivity contribution in [2.45, 2.75) is 6.42 Å². The van der Waals surface area contributed by atoms with Crippen LogP contribution in [0, 0.1) is 10.1 Å². The molecule has 1 amide bonds. The van der Waals surface area contributed by atoms with Crippen LogP contribution in [0.3, 0.4) is 0 Å². The zero-order valence-corrected chi connectivity index (χ0v) is 17.9. The third kappa shape index (κ3) is 4.50. The van der Waals surface area contributed by atoms with Gasteiger partial charge in [0.25, 0.3) is 11.6 Å². The van der Waals surface area contributed by atoms with E-state index in [1.165, 1.54) is 6.07 Å². The molecule has 0 spiro atoms. The third-order valence-electron chi connectivity index (χ3n) is 5.48. The Morgan fingerprint density at radius 2 is 2.00 bits per heavy atom. The quantitative estimate of drug-likeness (QED) is 0.462. The number of nitro benzene ring substituents is 1. The molecule has 1 saturated heterocycles. The molecule has 9 heteroatoms. The van der Waals surface area contributed by atoms with Crippen molar-refractivity contribution in [3.63, 3.8) is 0 Å². The van der Waals surface area contributed by atoms with Crippen molar-refractivity contribution >= 4 is 39.8 Å². The lowest BCUT2D eigenvalue weighted by atomic mass is 10.1. The van der Waals surface area contributed by atoms with Gasteiger partial charge in [-0.2, -0.15) is 0 Å². The van der Waals surface area contributed by atoms with Gasteiger partial charge in [0, 0.05) is 60.4 Å². The first-order chi connectivity index (χ1) is 14.9. The van der Waals surface area contributed by atoms with Gasteiger partial charge in [-0.15, -0.1) is 0 Å². The molecule has 2 aromatic carbocycles. The number of benzene rings is 2. The average Bonchev–Trinajstić information content (AvgIpc) is 3.08. The molecule has 1 aliphatic rings. The van der Waals surface area contributed by atoms with Gasteiger partial charge in [0.1, 0.15) is 5.69 Å². The van der Waals surface area contributed by atoms with Crippen molar-refractivity contribution in [2.75, 3.05) is 38.2 Å². The summed E-state index contributed by atoms with van der Waals surface area (Å²) >= 11 is 6.09. The fraction of sp³-hybridized carbons (Fsp3) is 0.318. The van der Waals surface area contributed by atoms with E-state index < -0.39 is 4.92 Å². The molecule has 0 radical (unpaired) electrons. The number of nitro groups is 1. The summed E-state index contributed by atoms with van der Waals surface area (Å²) in [4.78, 5) is 25.5. The van der Waals surface area contributed by atoms with E-state index >= 15 is 0 Å². The fourth-order valence-electron chi connectivity index (χ4n) is 3.89. The zero-order chi connectivity index (χ0) is 22.0. The molecule has 1 aliphatic heterocycles. The van der Waals surface area contributed by atoms with E-state index in [2.05, 4.69) is 5.32 Å². The number of ether oxygens (including phenoxy) is 1. The van der Waals surface area contributed by atoms with Crippen LogP contribution in [0.25, 0.3) is 10.9 Å². The summed E-state index contributed by atoms with van der Waals surface area (Å²) in [6, 6.07) is 10.3. The Hall–Kier alpha value is -3.10. The van der Waals surface area contributed by atoms with Crippen LogP contribution < -0.4 is 5.32 Å². The van der Waals surface area contributed by atoms with Crippen LogP contribution in [-0.2, 0) is 18.2 Å². The maximum atomic E-state index is 12.7. The summed E-state index contributed by atoms with van der Waals surface area (Å²) < 4.78 is 7.28. The van der Waals surface area contributed by atoms with Crippen LogP contribution in [0.4, 0.5) is 11.4 Å². The first-order valence-corrected chi connectivity index (χ1v) is 10.4. The van der Waals surface area contributed by atoms with E-state index in [0.29, 0.717) is 55.5 Å². The van der Waals surface area contributed by atoms with Gasteiger partial charge in [0.05, 0.1) is 18.1 Å². The molecule has 8 nitrogen and oxygen atoms in total. The molecule has 2 heterocycles. The van der Waals surface area contributed by atoms with Gasteiger partial charge in [-0.3, -0.25) is 14.9 Å². The summed E-state index contributed by atoms with van der Waals surface area (Å²) in [6.45, 7) is 2.45. The van der Waals surface area contributed by atoms with Gasteiger partial charge in [0.15, 0.2) is 0 Å². The van der Waals surface area contributed by atoms with Crippen LogP contribution in [-0.4, -0.2) is 53.1 Å². The highest BCUT2D eigenvalue weighted by Gasteiger charge is 2.22. The number of nitrogens with zero attached hydrogens (tertiary/aromatic N) is 3. The number of halogens is 1. The average molecular weight is 443 g/mol. The molecule has 0 aliphatic carbocycles. The topological polar surface area (TPSA) is 89.6 Å². The van der Waals surface area contributed by atoms with Crippen LogP contribution in [0.2, 0.25) is 5.02 Å². The second kappa shape index (κ2) is 8.95. The maximum Gasteiger partial charge on any atom is 0.293 e. The Morgan fingerprint density at radius 1 is 1.23 bits per heavy atom. The fourth-order valence-corrected chi connectivity index (χ4v) is 4.05. The summed E-state index contributed by atoms with van der Waals surface area (Å²) in [5.41, 5.74) is 2.77. The molecule has 4 rings (SSSR count). The molecule has 1 N–H and O–H groups in total. The number of amides is 1. The Labute approximate surface area is 184 Å². The van der Waals surface area contributed by atoms with Gasteiger partial charge in [-0.1, -0.05) is 17.7 Å². The van der Waals surface area contributed by atoms with E-state index in [0.717, 1.165) is 16.5 Å². The minimum atomic E-state index is -0.460. The summed E-state index contributed by atoms with van der Waals surface area (Å²) in [5.74, 6) is -0.215. The van der Waals surface area contributed by atoms with E-state index in [9.17, 15) is 14.9 Å². The number of aryl methyl sites for hydroxylation is 1. The lowest BCUT2D eigenvalue weighted by Gasteiger charge is -2.26. The number of carbonyl (C=O) groups is 1. The standard InChI is InChI=1S/C22H23ClN4O4/c1-25-14-16(18-4-3-17(23)13-20(18)25)6-7-24-19-5-2-15(12-21(19)27(29)30)22(28)26-8-10-31-11-9-26/h2-5,12-14,24H,6-11H2,1H3. The lowest BCUT2D eigenvalue weighted by Crippen LogP contribution is -2.40. The molecule has 1 aromatic heterocycles. The van der Waals surface area contributed by atoms with Gasteiger partial charge in [-0.25, -0.2) is 0 Å². The first-order valence-electron chi connectivity index (χ1n) is 10.1. The lowest BCUT2D eigenvalue weighted by molar-refractivity contribution is -0.384. The molecule has 0 saturated carbocycles. The van der Waals surface area contributed by atoms with Gasteiger partial charge in [0.2, 0.25) is 0 Å². The smallest absolute Gasteiger partial charge is 0.293 e. The summed E-state index contributed by atoms with van der Waals surface area (Å²) in [5, 5.41) is 16.6. The number of fused-ring (bicyclic) bond motifs is 1. The number of nitrogens with one attached hydrogen (secondary N) is 1. The number of aromatic nitrogens is 1. The van der Waals surface area contributed by atoms with Crippen LogP contribution in [0.5, 0.6) is 0 Å². The van der Waals surface area contributed by atoms with Crippen LogP contribution >= 0.6 is 11.6 Å². The Kier molecular flexibility index (Phi) is 6.11. The molecule has 0 atom stereocenters. The molecule has 1 fully saturated rings. The third-order valence-corrected chi connectivity index (χ3v) is 5.72. The highest BCUT2D eigenvalue weighted by atomic mass is 35.5. The maximum absolute atomic E-state index is 12.7. The number of anilines is 1. The second-order valence-electron chi connectivity index (χ2n) is 7.50. The highest BCUT2D eigenvalue weighted by Crippen LogP contribution is 2.28. The largest absolute Gasteiger partial charge is 0.379 e. The van der Waals surface area contributed by atoms with Crippen LogP contribution in [0.15, 0.2) is 42.6 Å². The van der Waals surface area contributed by atoms with Crippen molar-refractivity contribution in [3.8, 4) is 0 Å². The van der Waals surface area contributed by atoms with Crippen molar-refractivity contribution in [2.24, 2.45) is 7.05 Å². The molecule has 3 aromatic rings. The van der Waals surface area contributed by atoms with E-state index in [-0.39, 0.29) is 11.6 Å². The van der Waals surface area contributed by atoms with Crippen molar-refractivity contribution < 1.29 is 14.5 Å². The molecule has 31 heavy (non-hydrogen) atoms. The predicted octanol–water partition coefficient (Wildman–Crippen LogP) is 3.87. The van der Waals surface area contributed by atoms with E-state index in [4.69, 9.17) is 16.3 Å². The second-order valence-corrected chi connectivity index (χ2v) is 7.93. The minimum absolute atomic E-state index is 0.108. The highest BCUT2D eigenvalue weighted by molar-refractivity contribution is 6.31. The number of hydrogen-bond acceptors (Lipinski definition) is 5. The molecular weight excluding hydrogens is 420 g/mol. The van der Waals surface area contributed by atoms with Gasteiger partial charge < -0.3 is 19.5 Å². The van der Waals surface area contributed by atoms with E-state index in [1.807, 2.05) is 36.0 Å². The SMILES string of the molecule is Cn1cc(CCNc2ccc(C(=O)N3CCOCC3)cc2[N+](=O)[O-])c2ccc(Cl)cc21. The van der Waals surface area contributed by atoms with E-state index in [1.54, 1.807) is 17.0 Å².